The van der Waals surface area contributed by atoms with Crippen molar-refractivity contribution in [2.24, 2.45) is 0 Å². The van der Waals surface area contributed by atoms with Crippen molar-refractivity contribution >= 4 is 32.6 Å². The van der Waals surface area contributed by atoms with Gasteiger partial charge in [0, 0.05) is 16.5 Å². The summed E-state index contributed by atoms with van der Waals surface area (Å²) in [6.45, 7) is 4.66. The molecule has 0 aliphatic carbocycles. The van der Waals surface area contributed by atoms with Crippen LogP contribution in [0, 0.1) is 6.92 Å². The third-order valence-corrected chi connectivity index (χ3v) is 6.85. The van der Waals surface area contributed by atoms with E-state index < -0.39 is 10.0 Å². The predicted octanol–water partition coefficient (Wildman–Crippen LogP) is 2.97. The first-order valence-electron chi connectivity index (χ1n) is 6.19. The molecule has 2 rings (SSSR count). The highest BCUT2D eigenvalue weighted by Gasteiger charge is 2.39. The highest BCUT2D eigenvalue weighted by Crippen LogP contribution is 2.32. The summed E-state index contributed by atoms with van der Waals surface area (Å²) in [7, 11) is -3.32. The molecule has 0 N–H and O–H groups in total. The Morgan fingerprint density at radius 2 is 1.94 bits per heavy atom. The van der Waals surface area contributed by atoms with E-state index in [1.54, 1.807) is 16.4 Å². The molecule has 1 aliphatic rings. The monoisotopic (exact) mass is 379 g/mol. The van der Waals surface area contributed by atoms with Gasteiger partial charge in [-0.2, -0.15) is 4.31 Å². The van der Waals surface area contributed by atoms with Gasteiger partial charge in [-0.15, -0.1) is 0 Å². The first-order chi connectivity index (χ1) is 8.46. The Morgan fingerprint density at radius 3 is 2.50 bits per heavy atom. The summed E-state index contributed by atoms with van der Waals surface area (Å²) in [5, 5.41) is 0. The summed E-state index contributed by atoms with van der Waals surface area (Å²) in [4.78, 5) is 0.414. The fourth-order valence-electron chi connectivity index (χ4n) is 2.39. The molecule has 1 fully saturated rings. The van der Waals surface area contributed by atoms with Crippen LogP contribution in [-0.4, -0.2) is 29.2 Å². The van der Waals surface area contributed by atoms with E-state index in [1.807, 2.05) is 19.1 Å². The van der Waals surface area contributed by atoms with Crippen molar-refractivity contribution in [1.29, 1.82) is 0 Å². The van der Waals surface area contributed by atoms with Crippen molar-refractivity contribution in [3.63, 3.8) is 0 Å². The molecule has 100 valence electrons. The second-order valence-electron chi connectivity index (χ2n) is 4.71. The van der Waals surface area contributed by atoms with E-state index in [0.717, 1.165) is 18.4 Å². The highest BCUT2D eigenvalue weighted by molar-refractivity contribution is 14.1. The van der Waals surface area contributed by atoms with Crippen LogP contribution in [0.4, 0.5) is 0 Å². The standard InChI is InChI=1S/C13H18INO2S/c1-3-13-12(14)8-9-15(13)18(16,17)11-6-4-10(2)5-7-11/h4-7,12-13H,3,8-9H2,1-2H3/t12-,13-/m0/s1. The second kappa shape index (κ2) is 5.46. The van der Waals surface area contributed by atoms with Gasteiger partial charge in [-0.25, -0.2) is 8.42 Å². The summed E-state index contributed by atoms with van der Waals surface area (Å²) in [5.41, 5.74) is 1.08. The molecule has 1 aromatic carbocycles. The molecule has 0 saturated carbocycles. The minimum atomic E-state index is -3.32. The van der Waals surface area contributed by atoms with Gasteiger partial charge >= 0.3 is 0 Å². The van der Waals surface area contributed by atoms with Crippen molar-refractivity contribution in [3.8, 4) is 0 Å². The average molecular weight is 379 g/mol. The minimum absolute atomic E-state index is 0.136. The first-order valence-corrected chi connectivity index (χ1v) is 8.88. The van der Waals surface area contributed by atoms with Gasteiger partial charge in [-0.1, -0.05) is 47.2 Å². The normalized spacial score (nSPS) is 25.5. The van der Waals surface area contributed by atoms with Crippen LogP contribution in [0.1, 0.15) is 25.3 Å². The SMILES string of the molecule is CC[C@H]1[C@@H](I)CCN1S(=O)(=O)c1ccc(C)cc1. The second-order valence-corrected chi connectivity index (χ2v) is 8.20. The van der Waals surface area contributed by atoms with Gasteiger partial charge in [-0.05, 0) is 31.9 Å². The lowest BCUT2D eigenvalue weighted by Gasteiger charge is -2.24. The van der Waals surface area contributed by atoms with Gasteiger partial charge in [0.05, 0.1) is 4.90 Å². The van der Waals surface area contributed by atoms with Gasteiger partial charge in [0.1, 0.15) is 0 Å². The van der Waals surface area contributed by atoms with E-state index in [0.29, 0.717) is 15.4 Å². The van der Waals surface area contributed by atoms with E-state index in [1.165, 1.54) is 0 Å². The number of benzene rings is 1. The van der Waals surface area contributed by atoms with Gasteiger partial charge in [0.2, 0.25) is 10.0 Å². The third kappa shape index (κ3) is 2.58. The van der Waals surface area contributed by atoms with Crippen LogP contribution in [0.25, 0.3) is 0 Å². The molecule has 0 aromatic heterocycles. The van der Waals surface area contributed by atoms with Crippen molar-refractivity contribution in [1.82, 2.24) is 4.31 Å². The Labute approximate surface area is 123 Å². The number of sulfonamides is 1. The van der Waals surface area contributed by atoms with E-state index in [9.17, 15) is 8.42 Å². The minimum Gasteiger partial charge on any atom is -0.207 e. The van der Waals surface area contributed by atoms with Gasteiger partial charge in [0.25, 0.3) is 0 Å². The zero-order valence-electron chi connectivity index (χ0n) is 10.6. The van der Waals surface area contributed by atoms with Gasteiger partial charge < -0.3 is 0 Å². The summed E-state index contributed by atoms with van der Waals surface area (Å²) >= 11 is 2.37. The molecule has 1 aliphatic heterocycles. The lowest BCUT2D eigenvalue weighted by Crippen LogP contribution is -2.37. The molecule has 0 spiro atoms. The van der Waals surface area contributed by atoms with Crippen LogP contribution < -0.4 is 0 Å². The quantitative estimate of drug-likeness (QED) is 0.598. The number of hydrogen-bond donors (Lipinski definition) is 0. The van der Waals surface area contributed by atoms with Crippen LogP contribution in [0.2, 0.25) is 0 Å². The zero-order chi connectivity index (χ0) is 13.3. The van der Waals surface area contributed by atoms with Gasteiger partial charge in [-0.3, -0.25) is 0 Å². The molecule has 18 heavy (non-hydrogen) atoms. The molecule has 1 saturated heterocycles. The Hall–Kier alpha value is -0.140. The third-order valence-electron chi connectivity index (χ3n) is 3.46. The molecular formula is C13H18INO2S. The van der Waals surface area contributed by atoms with Crippen molar-refractivity contribution in [2.45, 2.75) is 41.6 Å². The topological polar surface area (TPSA) is 37.4 Å². The molecule has 5 heteroatoms. The molecular weight excluding hydrogens is 361 g/mol. The molecule has 2 atom stereocenters. The number of aryl methyl sites for hydroxylation is 1. The number of nitrogens with zero attached hydrogens (tertiary/aromatic N) is 1. The Morgan fingerprint density at radius 1 is 1.33 bits per heavy atom. The van der Waals surface area contributed by atoms with Crippen LogP contribution in [0.3, 0.4) is 0 Å². The van der Waals surface area contributed by atoms with Gasteiger partial charge in [0.15, 0.2) is 0 Å². The molecule has 0 amide bonds. The molecule has 1 aromatic rings. The van der Waals surface area contributed by atoms with Crippen LogP contribution >= 0.6 is 22.6 Å². The van der Waals surface area contributed by atoms with E-state index in [-0.39, 0.29) is 6.04 Å². The number of halogens is 1. The van der Waals surface area contributed by atoms with Crippen molar-refractivity contribution < 1.29 is 8.42 Å². The number of hydrogen-bond acceptors (Lipinski definition) is 2. The van der Waals surface area contributed by atoms with E-state index in [2.05, 4.69) is 29.5 Å². The number of rotatable bonds is 3. The molecule has 0 radical (unpaired) electrons. The molecule has 3 nitrogen and oxygen atoms in total. The lowest BCUT2D eigenvalue weighted by atomic mass is 10.2. The maximum atomic E-state index is 12.6. The predicted molar refractivity (Wildman–Crippen MR) is 81.6 cm³/mol. The number of alkyl halides is 1. The smallest absolute Gasteiger partial charge is 0.207 e. The summed E-state index contributed by atoms with van der Waals surface area (Å²) in [5.74, 6) is 0. The van der Waals surface area contributed by atoms with E-state index >= 15 is 0 Å². The first kappa shape index (κ1) is 14.3. The molecule has 1 heterocycles. The Balaban J connectivity index is 2.34. The van der Waals surface area contributed by atoms with Crippen molar-refractivity contribution in [2.75, 3.05) is 6.54 Å². The Kier molecular flexibility index (Phi) is 4.33. The maximum absolute atomic E-state index is 12.6. The summed E-state index contributed by atoms with van der Waals surface area (Å²) in [6, 6.07) is 7.25. The largest absolute Gasteiger partial charge is 0.243 e. The fourth-order valence-corrected chi connectivity index (χ4v) is 5.54. The fraction of sp³-hybridized carbons (Fsp3) is 0.538. The van der Waals surface area contributed by atoms with Crippen LogP contribution in [0.5, 0.6) is 0 Å². The summed E-state index contributed by atoms with van der Waals surface area (Å²) in [6.07, 6.45) is 1.82. The summed E-state index contributed by atoms with van der Waals surface area (Å²) < 4.78 is 27.3. The van der Waals surface area contributed by atoms with Crippen LogP contribution in [0.15, 0.2) is 29.2 Å². The lowest BCUT2D eigenvalue weighted by molar-refractivity contribution is 0.385. The average Bonchev–Trinajstić information content (AvgIpc) is 2.71. The maximum Gasteiger partial charge on any atom is 0.243 e. The molecule has 0 unspecified atom stereocenters. The van der Waals surface area contributed by atoms with E-state index in [4.69, 9.17) is 0 Å². The Bertz CT molecular complexity index is 512. The zero-order valence-corrected chi connectivity index (χ0v) is 13.6. The van der Waals surface area contributed by atoms with Crippen molar-refractivity contribution in [3.05, 3.63) is 29.8 Å². The molecule has 0 bridgehead atoms. The van der Waals surface area contributed by atoms with Crippen LogP contribution in [-0.2, 0) is 10.0 Å². The highest BCUT2D eigenvalue weighted by atomic mass is 127.